The summed E-state index contributed by atoms with van der Waals surface area (Å²) < 4.78 is 6.03. The predicted octanol–water partition coefficient (Wildman–Crippen LogP) is 2.28. The summed E-state index contributed by atoms with van der Waals surface area (Å²) in [6.45, 7) is 5.33. The van der Waals surface area contributed by atoms with Gasteiger partial charge in [-0.3, -0.25) is 9.89 Å². The quantitative estimate of drug-likeness (QED) is 0.930. The Morgan fingerprint density at radius 2 is 2.00 bits per heavy atom. The zero-order valence-corrected chi connectivity index (χ0v) is 14.6. The molecule has 3 heterocycles. The van der Waals surface area contributed by atoms with Crippen LogP contribution >= 0.6 is 0 Å². The van der Waals surface area contributed by atoms with Crippen molar-refractivity contribution < 1.29 is 9.53 Å². The maximum absolute atomic E-state index is 13.0. The third kappa shape index (κ3) is 3.70. The largest absolute Gasteiger partial charge is 0.375 e. The highest BCUT2D eigenvalue weighted by atomic mass is 16.5. The third-order valence-corrected chi connectivity index (χ3v) is 5.22. The molecule has 25 heavy (non-hydrogen) atoms. The molecule has 1 unspecified atom stereocenters. The van der Waals surface area contributed by atoms with Gasteiger partial charge in [-0.15, -0.1) is 0 Å². The minimum atomic E-state index is 0.00611. The van der Waals surface area contributed by atoms with E-state index in [0.29, 0.717) is 12.2 Å². The van der Waals surface area contributed by atoms with E-state index in [-0.39, 0.29) is 12.0 Å². The van der Waals surface area contributed by atoms with Gasteiger partial charge in [0.2, 0.25) is 0 Å². The van der Waals surface area contributed by atoms with Gasteiger partial charge in [0.25, 0.3) is 5.91 Å². The lowest BCUT2D eigenvalue weighted by atomic mass is 10.1. The summed E-state index contributed by atoms with van der Waals surface area (Å²) >= 11 is 0. The number of para-hydroxylation sites is 1. The standard InChI is InChI=1S/C19H26N4O2/c24-19(18-16-7-2-3-8-17(16)20-21-18)23-11-6-12-25-15(14-23)13-22-9-4-1-5-10-22/h2-3,7-8,15H,1,4-6,9-14H2,(H,20,21). The molecule has 0 bridgehead atoms. The minimum Gasteiger partial charge on any atom is -0.375 e. The molecule has 0 saturated carbocycles. The lowest BCUT2D eigenvalue weighted by Crippen LogP contribution is -2.44. The molecule has 2 aliphatic heterocycles. The van der Waals surface area contributed by atoms with Crippen LogP contribution in [0.4, 0.5) is 0 Å². The smallest absolute Gasteiger partial charge is 0.275 e. The van der Waals surface area contributed by atoms with Crippen molar-refractivity contribution in [2.45, 2.75) is 31.8 Å². The summed E-state index contributed by atoms with van der Waals surface area (Å²) in [5, 5.41) is 8.13. The fourth-order valence-electron chi connectivity index (χ4n) is 3.90. The number of aromatic amines is 1. The topological polar surface area (TPSA) is 61.5 Å². The second-order valence-corrected chi connectivity index (χ2v) is 7.08. The Bertz CT molecular complexity index is 723. The Kier molecular flexibility index (Phi) is 4.99. The first-order valence-corrected chi connectivity index (χ1v) is 9.37. The van der Waals surface area contributed by atoms with Gasteiger partial charge in [0.15, 0.2) is 5.69 Å². The molecule has 2 saturated heterocycles. The maximum Gasteiger partial charge on any atom is 0.275 e. The van der Waals surface area contributed by atoms with Crippen LogP contribution in [0.25, 0.3) is 10.9 Å². The van der Waals surface area contributed by atoms with Crippen molar-refractivity contribution in [1.29, 1.82) is 0 Å². The van der Waals surface area contributed by atoms with E-state index in [9.17, 15) is 4.79 Å². The van der Waals surface area contributed by atoms with Crippen LogP contribution in [0, 0.1) is 0 Å². The predicted molar refractivity (Wildman–Crippen MR) is 96.6 cm³/mol. The van der Waals surface area contributed by atoms with Crippen molar-refractivity contribution in [3.63, 3.8) is 0 Å². The number of carbonyl (C=O) groups is 1. The van der Waals surface area contributed by atoms with Crippen LogP contribution in [0.1, 0.15) is 36.2 Å². The number of rotatable bonds is 3. The molecule has 1 amide bonds. The van der Waals surface area contributed by atoms with Crippen molar-refractivity contribution in [3.05, 3.63) is 30.0 Å². The molecule has 2 aromatic rings. The van der Waals surface area contributed by atoms with Gasteiger partial charge >= 0.3 is 0 Å². The molecule has 0 spiro atoms. The van der Waals surface area contributed by atoms with Gasteiger partial charge in [-0.2, -0.15) is 5.10 Å². The highest BCUT2D eigenvalue weighted by Gasteiger charge is 2.27. The average Bonchev–Trinajstić information content (AvgIpc) is 2.94. The van der Waals surface area contributed by atoms with Crippen LogP contribution < -0.4 is 0 Å². The first-order chi connectivity index (χ1) is 12.3. The summed E-state index contributed by atoms with van der Waals surface area (Å²) in [6, 6.07) is 7.79. The lowest BCUT2D eigenvalue weighted by molar-refractivity contribution is 0.0216. The van der Waals surface area contributed by atoms with E-state index >= 15 is 0 Å². The van der Waals surface area contributed by atoms with Crippen LogP contribution in [-0.4, -0.2) is 71.3 Å². The molecule has 1 N–H and O–H groups in total. The molecule has 134 valence electrons. The van der Waals surface area contributed by atoms with E-state index in [4.69, 9.17) is 4.74 Å². The molecular formula is C19H26N4O2. The minimum absolute atomic E-state index is 0.00611. The summed E-state index contributed by atoms with van der Waals surface area (Å²) in [4.78, 5) is 17.4. The van der Waals surface area contributed by atoms with E-state index in [2.05, 4.69) is 15.1 Å². The van der Waals surface area contributed by atoms with Gasteiger partial charge < -0.3 is 14.5 Å². The zero-order valence-electron chi connectivity index (χ0n) is 14.6. The highest BCUT2D eigenvalue weighted by molar-refractivity contribution is 6.04. The molecule has 0 radical (unpaired) electrons. The summed E-state index contributed by atoms with van der Waals surface area (Å²) in [5.41, 5.74) is 1.43. The Hall–Kier alpha value is -1.92. The number of aromatic nitrogens is 2. The number of fused-ring (bicyclic) bond motifs is 1. The van der Waals surface area contributed by atoms with E-state index in [1.54, 1.807) is 0 Å². The maximum atomic E-state index is 13.0. The first kappa shape index (κ1) is 16.5. The zero-order chi connectivity index (χ0) is 17.1. The van der Waals surface area contributed by atoms with E-state index in [1.165, 1.54) is 19.3 Å². The number of nitrogens with one attached hydrogen (secondary N) is 1. The molecule has 1 aromatic heterocycles. The number of H-pyrrole nitrogens is 1. The molecule has 6 heteroatoms. The van der Waals surface area contributed by atoms with Crippen molar-refractivity contribution in [3.8, 4) is 0 Å². The van der Waals surface area contributed by atoms with Gasteiger partial charge in [-0.25, -0.2) is 0 Å². The number of carbonyl (C=O) groups excluding carboxylic acids is 1. The molecule has 1 aromatic carbocycles. The summed E-state index contributed by atoms with van der Waals surface area (Å²) in [5.74, 6) is 0.00611. The van der Waals surface area contributed by atoms with Crippen LogP contribution in [0.2, 0.25) is 0 Å². The number of piperidine rings is 1. The normalized spacial score (nSPS) is 22.9. The Balaban J connectivity index is 1.47. The average molecular weight is 342 g/mol. The number of amides is 1. The van der Waals surface area contributed by atoms with Crippen molar-refractivity contribution in [2.24, 2.45) is 0 Å². The third-order valence-electron chi connectivity index (χ3n) is 5.22. The number of nitrogens with zero attached hydrogens (tertiary/aromatic N) is 3. The molecule has 0 aliphatic carbocycles. The molecule has 4 rings (SSSR count). The van der Waals surface area contributed by atoms with Gasteiger partial charge in [-0.05, 0) is 38.4 Å². The second kappa shape index (κ2) is 7.54. The van der Waals surface area contributed by atoms with Gasteiger partial charge in [0.05, 0.1) is 11.6 Å². The fourth-order valence-corrected chi connectivity index (χ4v) is 3.90. The molecule has 6 nitrogen and oxygen atoms in total. The lowest BCUT2D eigenvalue weighted by Gasteiger charge is -2.31. The number of likely N-dealkylation sites (tertiary alicyclic amines) is 1. The van der Waals surface area contributed by atoms with Crippen LogP contribution in [0.5, 0.6) is 0 Å². The van der Waals surface area contributed by atoms with Crippen molar-refractivity contribution in [2.75, 3.05) is 39.3 Å². The van der Waals surface area contributed by atoms with Crippen LogP contribution in [0.15, 0.2) is 24.3 Å². The van der Waals surface area contributed by atoms with E-state index < -0.39 is 0 Å². The number of benzene rings is 1. The highest BCUT2D eigenvalue weighted by Crippen LogP contribution is 2.19. The SMILES string of the molecule is O=C(c1n[nH]c2ccccc12)N1CCCOC(CN2CCCCC2)C1. The second-order valence-electron chi connectivity index (χ2n) is 7.08. The summed E-state index contributed by atoms with van der Waals surface area (Å²) in [6.07, 6.45) is 4.85. The fraction of sp³-hybridized carbons (Fsp3) is 0.579. The Morgan fingerprint density at radius 3 is 2.88 bits per heavy atom. The molecular weight excluding hydrogens is 316 g/mol. The van der Waals surface area contributed by atoms with Crippen molar-refractivity contribution in [1.82, 2.24) is 20.0 Å². The number of ether oxygens (including phenoxy) is 1. The van der Waals surface area contributed by atoms with E-state index in [0.717, 1.165) is 50.1 Å². The molecule has 2 fully saturated rings. The van der Waals surface area contributed by atoms with E-state index in [1.807, 2.05) is 29.2 Å². The Labute approximate surface area is 148 Å². The van der Waals surface area contributed by atoms with Gasteiger partial charge in [0.1, 0.15) is 0 Å². The van der Waals surface area contributed by atoms with Gasteiger partial charge in [0, 0.05) is 31.6 Å². The molecule has 1 atom stereocenters. The number of hydrogen-bond donors (Lipinski definition) is 1. The van der Waals surface area contributed by atoms with Crippen LogP contribution in [0.3, 0.4) is 0 Å². The Morgan fingerprint density at radius 1 is 1.16 bits per heavy atom. The van der Waals surface area contributed by atoms with Crippen LogP contribution in [-0.2, 0) is 4.74 Å². The van der Waals surface area contributed by atoms with Crippen molar-refractivity contribution >= 4 is 16.8 Å². The number of hydrogen-bond acceptors (Lipinski definition) is 4. The first-order valence-electron chi connectivity index (χ1n) is 9.37. The summed E-state index contributed by atoms with van der Waals surface area (Å²) in [7, 11) is 0. The van der Waals surface area contributed by atoms with Gasteiger partial charge in [-0.1, -0.05) is 24.6 Å². The molecule has 2 aliphatic rings. The monoisotopic (exact) mass is 342 g/mol.